The van der Waals surface area contributed by atoms with Crippen LogP contribution < -0.4 is 14.2 Å². The van der Waals surface area contributed by atoms with Gasteiger partial charge < -0.3 is 24.2 Å². The molecule has 1 saturated heterocycles. The summed E-state index contributed by atoms with van der Waals surface area (Å²) in [5.41, 5.74) is 2.64. The van der Waals surface area contributed by atoms with Crippen molar-refractivity contribution >= 4 is 17.4 Å². The highest BCUT2D eigenvalue weighted by atomic mass is 16.5. The average molecular weight is 516 g/mol. The molecule has 7 nitrogen and oxygen atoms in total. The Balaban J connectivity index is 1.94. The number of ketones is 1. The van der Waals surface area contributed by atoms with Crippen LogP contribution in [0.25, 0.3) is 5.76 Å². The van der Waals surface area contributed by atoms with Crippen molar-refractivity contribution in [2.24, 2.45) is 0 Å². The number of carbonyl (C=O) groups excluding carboxylic acids is 2. The van der Waals surface area contributed by atoms with Gasteiger partial charge in [0, 0.05) is 5.56 Å². The first-order valence-electron chi connectivity index (χ1n) is 12.3. The minimum absolute atomic E-state index is 0.0313. The molecular weight excluding hydrogens is 482 g/mol. The molecule has 4 rings (SSSR count). The molecule has 1 heterocycles. The number of methoxy groups -OCH3 is 3. The molecule has 0 aliphatic carbocycles. The third-order valence-electron chi connectivity index (χ3n) is 6.83. The fourth-order valence-electron chi connectivity index (χ4n) is 4.79. The molecule has 1 fully saturated rings. The van der Waals surface area contributed by atoms with E-state index in [1.54, 1.807) is 31.4 Å². The molecule has 3 aromatic rings. The molecule has 3 aromatic carbocycles. The Morgan fingerprint density at radius 3 is 1.92 bits per heavy atom. The monoisotopic (exact) mass is 515 g/mol. The van der Waals surface area contributed by atoms with E-state index in [-0.39, 0.29) is 28.9 Å². The molecule has 38 heavy (non-hydrogen) atoms. The van der Waals surface area contributed by atoms with Crippen LogP contribution in [0.15, 0.2) is 72.3 Å². The number of benzene rings is 3. The molecule has 0 spiro atoms. The van der Waals surface area contributed by atoms with Crippen molar-refractivity contribution in [3.8, 4) is 17.2 Å². The third-order valence-corrected chi connectivity index (χ3v) is 6.83. The van der Waals surface area contributed by atoms with Gasteiger partial charge >= 0.3 is 0 Å². The van der Waals surface area contributed by atoms with E-state index in [4.69, 9.17) is 14.2 Å². The van der Waals surface area contributed by atoms with Crippen LogP contribution in [0.3, 0.4) is 0 Å². The summed E-state index contributed by atoms with van der Waals surface area (Å²) in [6.45, 7) is 6.46. The van der Waals surface area contributed by atoms with Gasteiger partial charge in [-0.15, -0.1) is 0 Å². The van der Waals surface area contributed by atoms with E-state index in [1.165, 1.54) is 19.1 Å². The number of nitrogens with zero attached hydrogens (tertiary/aromatic N) is 1. The van der Waals surface area contributed by atoms with Crippen LogP contribution in [-0.4, -0.2) is 43.0 Å². The SMILES string of the molecule is COc1ccccc1CN1C(=O)C(=O)/C(=C(/O)c2c(OC)cccc2OC)C1c1ccc(C(C)(C)C)cc1. The van der Waals surface area contributed by atoms with Gasteiger partial charge in [-0.3, -0.25) is 9.59 Å². The number of Topliss-reactive ketones (excluding diaryl/α,β-unsaturated/α-hetero) is 1. The summed E-state index contributed by atoms with van der Waals surface area (Å²) in [7, 11) is 4.49. The molecule has 0 saturated carbocycles. The maximum atomic E-state index is 13.6. The number of aliphatic hydroxyl groups excluding tert-OH is 1. The second-order valence-electron chi connectivity index (χ2n) is 10.1. The quantitative estimate of drug-likeness (QED) is 0.249. The van der Waals surface area contributed by atoms with Crippen molar-refractivity contribution in [2.45, 2.75) is 38.8 Å². The number of aliphatic hydroxyl groups is 1. The van der Waals surface area contributed by atoms with E-state index in [1.807, 2.05) is 42.5 Å². The summed E-state index contributed by atoms with van der Waals surface area (Å²) >= 11 is 0. The van der Waals surface area contributed by atoms with Crippen molar-refractivity contribution in [2.75, 3.05) is 21.3 Å². The van der Waals surface area contributed by atoms with Gasteiger partial charge in [-0.05, 0) is 34.7 Å². The van der Waals surface area contributed by atoms with Crippen LogP contribution in [0.5, 0.6) is 17.2 Å². The molecule has 1 aliphatic heterocycles. The average Bonchev–Trinajstić information content (AvgIpc) is 3.17. The van der Waals surface area contributed by atoms with Gasteiger partial charge in [0.1, 0.15) is 28.6 Å². The van der Waals surface area contributed by atoms with Gasteiger partial charge in [0.05, 0.1) is 39.5 Å². The Morgan fingerprint density at radius 2 is 1.37 bits per heavy atom. The lowest BCUT2D eigenvalue weighted by Crippen LogP contribution is -2.29. The van der Waals surface area contributed by atoms with E-state index < -0.39 is 17.7 Å². The van der Waals surface area contributed by atoms with Crippen molar-refractivity contribution in [3.63, 3.8) is 0 Å². The topological polar surface area (TPSA) is 85.3 Å². The lowest BCUT2D eigenvalue weighted by atomic mass is 9.85. The largest absolute Gasteiger partial charge is 0.506 e. The summed E-state index contributed by atoms with van der Waals surface area (Å²) < 4.78 is 16.5. The molecule has 7 heteroatoms. The van der Waals surface area contributed by atoms with Crippen molar-refractivity contribution in [1.29, 1.82) is 0 Å². The van der Waals surface area contributed by atoms with E-state index in [2.05, 4.69) is 20.8 Å². The van der Waals surface area contributed by atoms with E-state index >= 15 is 0 Å². The van der Waals surface area contributed by atoms with Crippen LogP contribution in [-0.2, 0) is 21.5 Å². The maximum Gasteiger partial charge on any atom is 0.295 e. The van der Waals surface area contributed by atoms with Crippen molar-refractivity contribution in [1.82, 2.24) is 4.90 Å². The summed E-state index contributed by atoms with van der Waals surface area (Å²) in [4.78, 5) is 28.5. The molecule has 1 atom stereocenters. The van der Waals surface area contributed by atoms with Crippen molar-refractivity contribution < 1.29 is 28.9 Å². The number of carbonyl (C=O) groups is 2. The number of hydrogen-bond donors (Lipinski definition) is 1. The summed E-state index contributed by atoms with van der Waals surface area (Å²) in [6.07, 6.45) is 0. The normalized spacial score (nSPS) is 17.0. The number of para-hydroxylation sites is 1. The Morgan fingerprint density at radius 1 is 0.816 bits per heavy atom. The second kappa shape index (κ2) is 10.6. The Hall–Kier alpha value is -4.26. The van der Waals surface area contributed by atoms with Gasteiger partial charge in [0.2, 0.25) is 0 Å². The second-order valence-corrected chi connectivity index (χ2v) is 10.1. The molecule has 1 amide bonds. The highest BCUT2D eigenvalue weighted by Gasteiger charge is 2.47. The third kappa shape index (κ3) is 4.84. The number of hydrogen-bond acceptors (Lipinski definition) is 6. The van der Waals surface area contributed by atoms with E-state index in [0.29, 0.717) is 22.8 Å². The van der Waals surface area contributed by atoms with Crippen LogP contribution in [0.4, 0.5) is 0 Å². The Bertz CT molecular complexity index is 1360. The fourth-order valence-corrected chi connectivity index (χ4v) is 4.79. The first-order valence-corrected chi connectivity index (χ1v) is 12.3. The Labute approximate surface area is 223 Å². The predicted octanol–water partition coefficient (Wildman–Crippen LogP) is 5.63. The van der Waals surface area contributed by atoms with Crippen molar-refractivity contribution in [3.05, 3.63) is 94.6 Å². The number of amides is 1. The zero-order chi connectivity index (χ0) is 27.6. The molecule has 198 valence electrons. The zero-order valence-electron chi connectivity index (χ0n) is 22.6. The van der Waals surface area contributed by atoms with E-state index in [0.717, 1.165) is 11.1 Å². The lowest BCUT2D eigenvalue weighted by Gasteiger charge is -2.27. The molecular formula is C31H33NO6. The lowest BCUT2D eigenvalue weighted by molar-refractivity contribution is -0.140. The van der Waals surface area contributed by atoms with E-state index in [9.17, 15) is 14.7 Å². The number of rotatable bonds is 7. The standard InChI is InChI=1S/C31H33NO6/c1-31(2,3)21-16-14-19(15-17-21)27-26(28(33)25-23(37-5)12-9-13-24(25)38-6)29(34)30(35)32(27)18-20-10-7-8-11-22(20)36-4/h7-17,27,33H,18H2,1-6H3/b28-26+. The maximum absolute atomic E-state index is 13.6. The first-order chi connectivity index (χ1) is 18.1. The molecule has 0 radical (unpaired) electrons. The van der Waals surface area contributed by atoms with Crippen LogP contribution in [0.2, 0.25) is 0 Å². The van der Waals surface area contributed by atoms with Gasteiger partial charge in [-0.1, -0.05) is 69.3 Å². The summed E-state index contributed by atoms with van der Waals surface area (Å²) in [6, 6.07) is 19.3. The van der Waals surface area contributed by atoms with Gasteiger partial charge in [0.25, 0.3) is 11.7 Å². The van der Waals surface area contributed by atoms with Crippen LogP contribution in [0, 0.1) is 0 Å². The summed E-state index contributed by atoms with van der Waals surface area (Å²) in [5, 5.41) is 11.6. The number of ether oxygens (including phenoxy) is 3. The Kier molecular flexibility index (Phi) is 7.49. The van der Waals surface area contributed by atoms with Crippen LogP contribution >= 0.6 is 0 Å². The van der Waals surface area contributed by atoms with Gasteiger partial charge in [0.15, 0.2) is 0 Å². The van der Waals surface area contributed by atoms with Crippen LogP contribution in [0.1, 0.15) is 49.1 Å². The minimum atomic E-state index is -0.844. The highest BCUT2D eigenvalue weighted by Crippen LogP contribution is 2.44. The molecule has 1 N–H and O–H groups in total. The smallest absolute Gasteiger partial charge is 0.295 e. The minimum Gasteiger partial charge on any atom is -0.506 e. The number of likely N-dealkylation sites (tertiary alicyclic amines) is 1. The highest BCUT2D eigenvalue weighted by molar-refractivity contribution is 6.46. The predicted molar refractivity (Wildman–Crippen MR) is 146 cm³/mol. The molecule has 0 aromatic heterocycles. The fraction of sp³-hybridized carbons (Fsp3) is 0.290. The molecule has 1 unspecified atom stereocenters. The summed E-state index contributed by atoms with van der Waals surface area (Å²) in [5.74, 6) is -0.613. The molecule has 0 bridgehead atoms. The van der Waals surface area contributed by atoms with Gasteiger partial charge in [-0.25, -0.2) is 0 Å². The zero-order valence-corrected chi connectivity index (χ0v) is 22.6. The molecule has 1 aliphatic rings. The van der Waals surface area contributed by atoms with Gasteiger partial charge in [-0.2, -0.15) is 0 Å². The first kappa shape index (κ1) is 26.8.